The van der Waals surface area contributed by atoms with Gasteiger partial charge in [-0.1, -0.05) is 36.4 Å². The van der Waals surface area contributed by atoms with E-state index in [1.54, 1.807) is 48.5 Å². The van der Waals surface area contributed by atoms with E-state index in [1.165, 1.54) is 18.2 Å². The Morgan fingerprint density at radius 3 is 1.93 bits per heavy atom. The van der Waals surface area contributed by atoms with Crippen LogP contribution in [0, 0.1) is 0 Å². The summed E-state index contributed by atoms with van der Waals surface area (Å²) in [7, 11) is 0. The summed E-state index contributed by atoms with van der Waals surface area (Å²) < 4.78 is 10.4. The van der Waals surface area contributed by atoms with Crippen molar-refractivity contribution in [3.63, 3.8) is 0 Å². The van der Waals surface area contributed by atoms with Crippen molar-refractivity contribution < 1.29 is 34.4 Å². The molecule has 2 aromatic carbocycles. The van der Waals surface area contributed by atoms with E-state index in [2.05, 4.69) is 0 Å². The monoisotopic (exact) mass is 384 g/mol. The van der Waals surface area contributed by atoms with Crippen molar-refractivity contribution in [3.05, 3.63) is 83.4 Å². The molecule has 0 fully saturated rings. The van der Waals surface area contributed by atoms with Crippen molar-refractivity contribution >= 4 is 11.9 Å². The molecule has 0 aromatic heterocycles. The maximum atomic E-state index is 12.2. The lowest BCUT2D eigenvalue weighted by Crippen LogP contribution is -2.51. The van der Waals surface area contributed by atoms with Gasteiger partial charge in [-0.2, -0.15) is 0 Å². The summed E-state index contributed by atoms with van der Waals surface area (Å²) in [5, 5.41) is 30.7. The molecule has 4 atom stereocenters. The molecule has 2 aromatic rings. The first-order valence-corrected chi connectivity index (χ1v) is 8.70. The van der Waals surface area contributed by atoms with Gasteiger partial charge in [0.2, 0.25) is 0 Å². The van der Waals surface area contributed by atoms with Crippen molar-refractivity contribution in [1.29, 1.82) is 0 Å². The van der Waals surface area contributed by atoms with Gasteiger partial charge >= 0.3 is 11.9 Å². The van der Waals surface area contributed by atoms with Crippen LogP contribution >= 0.6 is 0 Å². The zero-order chi connectivity index (χ0) is 20.1. The number of benzene rings is 2. The average Bonchev–Trinajstić information content (AvgIpc) is 2.73. The average molecular weight is 384 g/mol. The number of aliphatic hydroxyl groups excluding tert-OH is 3. The van der Waals surface area contributed by atoms with Crippen LogP contribution in [0.3, 0.4) is 0 Å². The van der Waals surface area contributed by atoms with Gasteiger partial charge in [-0.25, -0.2) is 9.59 Å². The first-order valence-electron chi connectivity index (χ1n) is 8.70. The van der Waals surface area contributed by atoms with E-state index in [1.807, 2.05) is 0 Å². The fourth-order valence-electron chi connectivity index (χ4n) is 2.85. The number of carbonyl (C=O) groups is 2. The number of rotatable bonds is 5. The molecule has 3 rings (SSSR count). The highest BCUT2D eigenvalue weighted by Crippen LogP contribution is 2.24. The molecule has 1 aliphatic carbocycles. The van der Waals surface area contributed by atoms with Gasteiger partial charge in [-0.15, -0.1) is 0 Å². The molecular formula is C21H20O7. The second-order valence-corrected chi connectivity index (χ2v) is 6.35. The summed E-state index contributed by atoms with van der Waals surface area (Å²) in [5.74, 6) is -1.36. The summed E-state index contributed by atoms with van der Waals surface area (Å²) >= 11 is 0. The Labute approximate surface area is 161 Å². The highest BCUT2D eigenvalue weighted by atomic mass is 16.6. The zero-order valence-electron chi connectivity index (χ0n) is 14.8. The quantitative estimate of drug-likeness (QED) is 0.522. The second kappa shape index (κ2) is 8.79. The topological polar surface area (TPSA) is 113 Å². The molecule has 0 unspecified atom stereocenters. The molecule has 0 radical (unpaired) electrons. The van der Waals surface area contributed by atoms with Crippen LogP contribution in [-0.2, 0) is 9.47 Å². The molecule has 3 N–H and O–H groups in total. The van der Waals surface area contributed by atoms with Crippen LogP contribution in [0.2, 0.25) is 0 Å². The highest BCUT2D eigenvalue weighted by molar-refractivity contribution is 5.90. The standard InChI is InChI=1S/C21H20O7/c22-16-11-15(12-27-20(25)13-7-3-1-4-8-13)17(23)19(18(16)24)28-21(26)14-9-5-2-6-10-14/h1-11,16-19,22-24H,12H2/t16-,17+,18-,19+/m0/s1. The second-order valence-electron chi connectivity index (χ2n) is 6.35. The van der Waals surface area contributed by atoms with Gasteiger partial charge in [0.15, 0.2) is 6.10 Å². The van der Waals surface area contributed by atoms with E-state index in [9.17, 15) is 24.9 Å². The summed E-state index contributed by atoms with van der Waals surface area (Å²) in [5.41, 5.74) is 0.706. The van der Waals surface area contributed by atoms with E-state index >= 15 is 0 Å². The first-order chi connectivity index (χ1) is 13.5. The lowest BCUT2D eigenvalue weighted by molar-refractivity contribution is -0.103. The summed E-state index contributed by atoms with van der Waals surface area (Å²) in [6.45, 7) is -0.321. The van der Waals surface area contributed by atoms with E-state index in [-0.39, 0.29) is 17.7 Å². The minimum atomic E-state index is -1.52. The molecule has 7 nitrogen and oxygen atoms in total. The molecule has 0 aliphatic heterocycles. The van der Waals surface area contributed by atoms with Gasteiger partial charge in [0.25, 0.3) is 0 Å². The first kappa shape index (κ1) is 19.8. The van der Waals surface area contributed by atoms with Crippen molar-refractivity contribution in [3.8, 4) is 0 Å². The molecule has 0 saturated heterocycles. The molecule has 0 saturated carbocycles. The van der Waals surface area contributed by atoms with Crippen molar-refractivity contribution in [2.75, 3.05) is 6.61 Å². The lowest BCUT2D eigenvalue weighted by atomic mass is 9.89. The largest absolute Gasteiger partial charge is 0.457 e. The van der Waals surface area contributed by atoms with Crippen molar-refractivity contribution in [1.82, 2.24) is 0 Å². The third kappa shape index (κ3) is 4.45. The normalized spacial score (nSPS) is 24.2. The van der Waals surface area contributed by atoms with Crippen LogP contribution in [0.5, 0.6) is 0 Å². The van der Waals surface area contributed by atoms with Crippen LogP contribution in [0.15, 0.2) is 72.3 Å². The molecular weight excluding hydrogens is 364 g/mol. The third-order valence-corrected chi connectivity index (χ3v) is 4.39. The Kier molecular flexibility index (Phi) is 6.20. The molecule has 28 heavy (non-hydrogen) atoms. The Hall–Kier alpha value is -3.00. The van der Waals surface area contributed by atoms with Gasteiger partial charge in [0, 0.05) is 0 Å². The molecule has 0 spiro atoms. The van der Waals surface area contributed by atoms with Crippen LogP contribution in [-0.4, -0.2) is 58.3 Å². The van der Waals surface area contributed by atoms with E-state index in [0.717, 1.165) is 0 Å². The van der Waals surface area contributed by atoms with Gasteiger partial charge in [-0.3, -0.25) is 0 Å². The predicted molar refractivity (Wildman–Crippen MR) is 98.5 cm³/mol. The smallest absolute Gasteiger partial charge is 0.338 e. The number of hydrogen-bond donors (Lipinski definition) is 3. The van der Waals surface area contributed by atoms with Gasteiger partial charge in [0.05, 0.1) is 11.1 Å². The Morgan fingerprint density at radius 2 is 1.36 bits per heavy atom. The third-order valence-electron chi connectivity index (χ3n) is 4.39. The minimum Gasteiger partial charge on any atom is -0.457 e. The summed E-state index contributed by atoms with van der Waals surface area (Å²) in [4.78, 5) is 24.3. The summed E-state index contributed by atoms with van der Waals surface area (Å²) in [6, 6.07) is 16.4. The van der Waals surface area contributed by atoms with E-state index in [0.29, 0.717) is 5.56 Å². The summed E-state index contributed by atoms with van der Waals surface area (Å²) in [6.07, 6.45) is -4.55. The van der Waals surface area contributed by atoms with Crippen LogP contribution in [0.4, 0.5) is 0 Å². The predicted octanol–water partition coefficient (Wildman–Crippen LogP) is 1.09. The maximum Gasteiger partial charge on any atom is 0.338 e. The SMILES string of the molecule is O=C(OCC1=C[C@H](O)[C@H](O)[C@H](OC(=O)c2ccccc2)[C@@H]1O)c1ccccc1. The van der Waals surface area contributed by atoms with Gasteiger partial charge < -0.3 is 24.8 Å². The van der Waals surface area contributed by atoms with Crippen molar-refractivity contribution in [2.45, 2.75) is 24.4 Å². The Morgan fingerprint density at radius 1 is 0.821 bits per heavy atom. The highest BCUT2D eigenvalue weighted by Gasteiger charge is 2.41. The van der Waals surface area contributed by atoms with Crippen LogP contribution in [0.1, 0.15) is 20.7 Å². The Balaban J connectivity index is 1.68. The zero-order valence-corrected chi connectivity index (χ0v) is 14.8. The number of aliphatic hydroxyl groups is 3. The van der Waals surface area contributed by atoms with E-state index in [4.69, 9.17) is 9.47 Å². The van der Waals surface area contributed by atoms with Gasteiger partial charge in [0.1, 0.15) is 24.9 Å². The number of esters is 2. The van der Waals surface area contributed by atoms with E-state index < -0.39 is 36.4 Å². The van der Waals surface area contributed by atoms with Gasteiger partial charge in [-0.05, 0) is 35.9 Å². The molecule has 146 valence electrons. The van der Waals surface area contributed by atoms with Crippen LogP contribution < -0.4 is 0 Å². The molecule has 7 heteroatoms. The number of carbonyl (C=O) groups excluding carboxylic acids is 2. The fraction of sp³-hybridized carbons (Fsp3) is 0.238. The lowest BCUT2D eigenvalue weighted by Gasteiger charge is -2.34. The van der Waals surface area contributed by atoms with Crippen LogP contribution in [0.25, 0.3) is 0 Å². The number of ether oxygens (including phenoxy) is 2. The molecule has 0 heterocycles. The molecule has 1 aliphatic rings. The molecule has 0 bridgehead atoms. The molecule has 0 amide bonds. The van der Waals surface area contributed by atoms with Crippen molar-refractivity contribution in [2.24, 2.45) is 0 Å². The fourth-order valence-corrected chi connectivity index (χ4v) is 2.85. The number of hydrogen-bond acceptors (Lipinski definition) is 7. The Bertz CT molecular complexity index is 848. The minimum absolute atomic E-state index is 0.132. The maximum absolute atomic E-state index is 12.2.